The summed E-state index contributed by atoms with van der Waals surface area (Å²) in [7, 11) is 0. The third kappa shape index (κ3) is 5.03. The van der Waals surface area contributed by atoms with E-state index in [1.165, 1.54) is 0 Å². The van der Waals surface area contributed by atoms with Gasteiger partial charge in [-0.25, -0.2) is 13.6 Å². The average Bonchev–Trinajstić information content (AvgIpc) is 2.77. The van der Waals surface area contributed by atoms with Crippen molar-refractivity contribution in [2.45, 2.75) is 64.4 Å². The molecule has 0 spiro atoms. The molecular weight excluding hydrogens is 412 g/mol. The highest BCUT2D eigenvalue weighted by atomic mass is 19.3. The number of anilines is 1. The number of carbonyl (C=O) groups is 1. The molecule has 1 N–H and O–H groups in total. The number of hydrogen-bond acceptors (Lipinski definition) is 4. The Morgan fingerprint density at radius 1 is 1.22 bits per heavy atom. The minimum Gasteiger partial charge on any atom is -0.444 e. The molecule has 1 saturated heterocycles. The van der Waals surface area contributed by atoms with Gasteiger partial charge in [0.2, 0.25) is 0 Å². The number of carbonyl (C=O) groups excluding carboxylic acids is 1. The second kappa shape index (κ2) is 9.04. The van der Waals surface area contributed by atoms with Crippen molar-refractivity contribution in [3.8, 4) is 11.1 Å². The summed E-state index contributed by atoms with van der Waals surface area (Å²) in [4.78, 5) is 18.6. The molecule has 0 unspecified atom stereocenters. The van der Waals surface area contributed by atoms with E-state index in [9.17, 15) is 13.6 Å². The van der Waals surface area contributed by atoms with E-state index in [1.54, 1.807) is 17.2 Å². The van der Waals surface area contributed by atoms with Crippen LogP contribution in [0.4, 0.5) is 19.3 Å². The number of rotatable bonds is 3. The van der Waals surface area contributed by atoms with E-state index in [-0.39, 0.29) is 17.6 Å². The summed E-state index contributed by atoms with van der Waals surface area (Å²) in [5.41, 5.74) is 3.64. The van der Waals surface area contributed by atoms with E-state index in [0.717, 1.165) is 49.2 Å². The fourth-order valence-corrected chi connectivity index (χ4v) is 4.46. The second-order valence-corrected chi connectivity index (χ2v) is 9.64. The molecular formula is C25H31F2N3O2. The van der Waals surface area contributed by atoms with Crippen LogP contribution in [0.1, 0.15) is 69.2 Å². The first kappa shape index (κ1) is 22.5. The quantitative estimate of drug-likeness (QED) is 0.617. The lowest BCUT2D eigenvalue weighted by Gasteiger charge is -2.33. The molecule has 0 atom stereocenters. The monoisotopic (exact) mass is 443 g/mol. The molecule has 2 aliphatic rings. The Morgan fingerprint density at radius 3 is 2.59 bits per heavy atom. The maximum Gasteiger partial charge on any atom is 0.410 e. The molecule has 0 radical (unpaired) electrons. The fraction of sp³-hybridized carbons (Fsp3) is 0.520. The predicted molar refractivity (Wildman–Crippen MR) is 121 cm³/mol. The SMILES string of the molecule is CC(C)(C)OC(=O)N1CCC(c2ccc(-c3cc4c(cc3C(F)F)NCCC4)cn2)CC1. The third-order valence-corrected chi connectivity index (χ3v) is 6.11. The summed E-state index contributed by atoms with van der Waals surface area (Å²) in [5.74, 6) is 0.241. The number of aryl methyl sites for hydroxylation is 1. The Kier molecular flexibility index (Phi) is 6.35. The van der Waals surface area contributed by atoms with Crippen LogP contribution in [-0.2, 0) is 11.2 Å². The van der Waals surface area contributed by atoms with Crippen LogP contribution in [-0.4, -0.2) is 41.2 Å². The van der Waals surface area contributed by atoms with Crippen LogP contribution in [0.15, 0.2) is 30.5 Å². The number of fused-ring (bicyclic) bond motifs is 1. The lowest BCUT2D eigenvalue weighted by Crippen LogP contribution is -2.41. The van der Waals surface area contributed by atoms with Crippen LogP contribution in [0, 0.1) is 0 Å². The van der Waals surface area contributed by atoms with Gasteiger partial charge < -0.3 is 15.0 Å². The van der Waals surface area contributed by atoms with Gasteiger partial charge in [-0.1, -0.05) is 6.07 Å². The van der Waals surface area contributed by atoms with Crippen molar-refractivity contribution < 1.29 is 18.3 Å². The zero-order chi connectivity index (χ0) is 22.9. The van der Waals surface area contributed by atoms with Crippen LogP contribution < -0.4 is 5.32 Å². The van der Waals surface area contributed by atoms with E-state index in [4.69, 9.17) is 4.74 Å². The summed E-state index contributed by atoms with van der Waals surface area (Å²) in [6.45, 7) is 7.65. The number of piperidine rings is 1. The highest BCUT2D eigenvalue weighted by molar-refractivity contribution is 5.73. The van der Waals surface area contributed by atoms with Gasteiger partial charge in [-0.2, -0.15) is 0 Å². The lowest BCUT2D eigenvalue weighted by molar-refractivity contribution is 0.0204. The smallest absolute Gasteiger partial charge is 0.410 e. The maximum absolute atomic E-state index is 13.8. The minimum atomic E-state index is -2.55. The maximum atomic E-state index is 13.8. The molecule has 3 heterocycles. The van der Waals surface area contributed by atoms with Gasteiger partial charge in [0, 0.05) is 54.3 Å². The molecule has 4 rings (SSSR count). The first-order valence-corrected chi connectivity index (χ1v) is 11.3. The van der Waals surface area contributed by atoms with Crippen LogP contribution >= 0.6 is 0 Å². The summed E-state index contributed by atoms with van der Waals surface area (Å²) in [5, 5.41) is 3.23. The van der Waals surface area contributed by atoms with E-state index >= 15 is 0 Å². The number of amides is 1. The van der Waals surface area contributed by atoms with Crippen LogP contribution in [0.3, 0.4) is 0 Å². The zero-order valence-corrected chi connectivity index (χ0v) is 19.0. The molecule has 0 aliphatic carbocycles. The third-order valence-electron chi connectivity index (χ3n) is 6.11. The van der Waals surface area contributed by atoms with Crippen molar-refractivity contribution in [1.82, 2.24) is 9.88 Å². The lowest BCUT2D eigenvalue weighted by atomic mass is 9.91. The summed E-state index contributed by atoms with van der Waals surface area (Å²) in [6, 6.07) is 7.32. The minimum absolute atomic E-state index is 0.0402. The predicted octanol–water partition coefficient (Wildman–Crippen LogP) is 6.16. The van der Waals surface area contributed by atoms with Gasteiger partial charge >= 0.3 is 6.09 Å². The molecule has 1 aromatic heterocycles. The number of halogens is 2. The molecule has 172 valence electrons. The number of aromatic nitrogens is 1. The number of nitrogens with one attached hydrogen (secondary N) is 1. The molecule has 2 aromatic rings. The first-order valence-electron chi connectivity index (χ1n) is 11.3. The van der Waals surface area contributed by atoms with E-state index in [1.807, 2.05) is 39.0 Å². The molecule has 2 aliphatic heterocycles. The molecule has 1 aromatic carbocycles. The molecule has 1 fully saturated rings. The summed E-state index contributed by atoms with van der Waals surface area (Å²) in [6.07, 6.45) is 2.38. The van der Waals surface area contributed by atoms with Crippen LogP contribution in [0.2, 0.25) is 0 Å². The van der Waals surface area contributed by atoms with Crippen molar-refractivity contribution in [2.24, 2.45) is 0 Å². The number of pyridine rings is 1. The topological polar surface area (TPSA) is 54.5 Å². The van der Waals surface area contributed by atoms with Crippen molar-refractivity contribution in [1.29, 1.82) is 0 Å². The van der Waals surface area contributed by atoms with Crippen molar-refractivity contribution in [3.05, 3.63) is 47.3 Å². The largest absolute Gasteiger partial charge is 0.444 e. The van der Waals surface area contributed by atoms with Gasteiger partial charge in [0.25, 0.3) is 6.43 Å². The van der Waals surface area contributed by atoms with E-state index < -0.39 is 12.0 Å². The Bertz CT molecular complexity index is 962. The molecule has 5 nitrogen and oxygen atoms in total. The van der Waals surface area contributed by atoms with Gasteiger partial charge in [-0.15, -0.1) is 0 Å². The van der Waals surface area contributed by atoms with Gasteiger partial charge in [-0.3, -0.25) is 4.98 Å². The van der Waals surface area contributed by atoms with Crippen LogP contribution in [0.5, 0.6) is 0 Å². The zero-order valence-electron chi connectivity index (χ0n) is 19.0. The average molecular weight is 444 g/mol. The number of ether oxygens (including phenoxy) is 1. The molecule has 0 saturated carbocycles. The number of hydrogen-bond donors (Lipinski definition) is 1. The molecule has 7 heteroatoms. The standard InChI is InChI=1S/C25H31F2N3O2/c1-25(2,3)32-24(31)30-11-8-16(9-12-30)21-7-6-18(15-29-21)19-13-17-5-4-10-28-22(17)14-20(19)23(26)27/h6-7,13-16,23,28H,4-5,8-12H2,1-3H3. The van der Waals surface area contributed by atoms with Gasteiger partial charge in [0.1, 0.15) is 5.60 Å². The van der Waals surface area contributed by atoms with Crippen molar-refractivity contribution >= 4 is 11.8 Å². The van der Waals surface area contributed by atoms with E-state index in [2.05, 4.69) is 10.3 Å². The van der Waals surface area contributed by atoms with Gasteiger partial charge in [-0.05, 0) is 75.8 Å². The second-order valence-electron chi connectivity index (χ2n) is 9.64. The number of alkyl halides is 2. The molecule has 32 heavy (non-hydrogen) atoms. The fourth-order valence-electron chi connectivity index (χ4n) is 4.46. The normalized spacial score (nSPS) is 17.1. The van der Waals surface area contributed by atoms with Gasteiger partial charge in [0.15, 0.2) is 0 Å². The highest BCUT2D eigenvalue weighted by Crippen LogP contribution is 2.37. The summed E-state index contributed by atoms with van der Waals surface area (Å²) >= 11 is 0. The van der Waals surface area contributed by atoms with Crippen molar-refractivity contribution in [3.63, 3.8) is 0 Å². The van der Waals surface area contributed by atoms with E-state index in [0.29, 0.717) is 24.2 Å². The number of benzene rings is 1. The Hall–Kier alpha value is -2.70. The van der Waals surface area contributed by atoms with Crippen molar-refractivity contribution in [2.75, 3.05) is 25.0 Å². The number of nitrogens with zero attached hydrogens (tertiary/aromatic N) is 2. The molecule has 1 amide bonds. The Labute approximate surface area is 188 Å². The first-order chi connectivity index (χ1) is 15.2. The Morgan fingerprint density at radius 2 is 1.97 bits per heavy atom. The van der Waals surface area contributed by atoms with Gasteiger partial charge in [0.05, 0.1) is 0 Å². The number of likely N-dealkylation sites (tertiary alicyclic amines) is 1. The summed E-state index contributed by atoms with van der Waals surface area (Å²) < 4.78 is 33.0. The Balaban J connectivity index is 1.47. The van der Waals surface area contributed by atoms with Crippen LogP contribution in [0.25, 0.3) is 11.1 Å². The highest BCUT2D eigenvalue weighted by Gasteiger charge is 2.28. The molecule has 0 bridgehead atoms.